The van der Waals surface area contributed by atoms with Crippen LogP contribution in [0.25, 0.3) is 0 Å². The van der Waals surface area contributed by atoms with Crippen molar-refractivity contribution >= 4 is 27.3 Å². The van der Waals surface area contributed by atoms with Crippen molar-refractivity contribution in [2.24, 2.45) is 0 Å². The van der Waals surface area contributed by atoms with Crippen LogP contribution in [0.5, 0.6) is 0 Å². The normalized spacial score (nSPS) is 16.2. The quantitative estimate of drug-likeness (QED) is 0.807. The van der Waals surface area contributed by atoms with Gasteiger partial charge in [0.05, 0.1) is 0 Å². The lowest BCUT2D eigenvalue weighted by Gasteiger charge is -2.33. The SMILES string of the molecule is O=C(CCc1cccnc1)N1CCN(S(=O)(=O)c2cccs2)CC1. The Bertz CT molecular complexity index is 768. The Hall–Kier alpha value is -1.77. The van der Waals surface area contributed by atoms with Crippen molar-refractivity contribution in [1.82, 2.24) is 14.2 Å². The zero-order valence-electron chi connectivity index (χ0n) is 13.2. The fraction of sp³-hybridized carbons (Fsp3) is 0.375. The van der Waals surface area contributed by atoms with Crippen molar-refractivity contribution in [1.29, 1.82) is 0 Å². The predicted molar refractivity (Wildman–Crippen MR) is 92.2 cm³/mol. The van der Waals surface area contributed by atoms with Crippen molar-refractivity contribution < 1.29 is 13.2 Å². The molecule has 128 valence electrons. The van der Waals surface area contributed by atoms with Gasteiger partial charge in [0.1, 0.15) is 4.21 Å². The Morgan fingerprint density at radius 1 is 1.17 bits per heavy atom. The van der Waals surface area contributed by atoms with Crippen LogP contribution >= 0.6 is 11.3 Å². The summed E-state index contributed by atoms with van der Waals surface area (Å²) < 4.78 is 26.7. The number of hydrogen-bond acceptors (Lipinski definition) is 5. The maximum Gasteiger partial charge on any atom is 0.252 e. The Balaban J connectivity index is 1.52. The van der Waals surface area contributed by atoms with Crippen molar-refractivity contribution in [3.63, 3.8) is 0 Å². The molecule has 0 aromatic carbocycles. The third kappa shape index (κ3) is 3.82. The molecule has 24 heavy (non-hydrogen) atoms. The highest BCUT2D eigenvalue weighted by Gasteiger charge is 2.30. The Kier molecular flexibility index (Phi) is 5.27. The Morgan fingerprint density at radius 3 is 2.58 bits per heavy atom. The molecule has 0 unspecified atom stereocenters. The molecule has 3 heterocycles. The lowest BCUT2D eigenvalue weighted by atomic mass is 10.1. The average Bonchev–Trinajstić information content (AvgIpc) is 3.16. The summed E-state index contributed by atoms with van der Waals surface area (Å²) in [7, 11) is -3.42. The first-order valence-electron chi connectivity index (χ1n) is 7.78. The fourth-order valence-corrected chi connectivity index (χ4v) is 5.24. The number of thiophene rings is 1. The van der Waals surface area contributed by atoms with Gasteiger partial charge in [-0.2, -0.15) is 4.31 Å². The van der Waals surface area contributed by atoms with Gasteiger partial charge in [-0.05, 0) is 29.5 Å². The van der Waals surface area contributed by atoms with E-state index in [2.05, 4.69) is 4.98 Å². The molecular weight excluding hydrogens is 346 g/mol. The second-order valence-corrected chi connectivity index (χ2v) is 8.69. The van der Waals surface area contributed by atoms with Crippen LogP contribution in [0.1, 0.15) is 12.0 Å². The van der Waals surface area contributed by atoms with E-state index in [1.54, 1.807) is 34.8 Å². The number of pyridine rings is 1. The van der Waals surface area contributed by atoms with E-state index in [0.717, 1.165) is 5.56 Å². The van der Waals surface area contributed by atoms with Gasteiger partial charge in [-0.15, -0.1) is 11.3 Å². The van der Waals surface area contributed by atoms with Gasteiger partial charge in [-0.3, -0.25) is 9.78 Å². The molecule has 2 aromatic heterocycles. The minimum Gasteiger partial charge on any atom is -0.340 e. The summed E-state index contributed by atoms with van der Waals surface area (Å²) in [5, 5.41) is 1.76. The van der Waals surface area contributed by atoms with Crippen LogP contribution in [0.3, 0.4) is 0 Å². The molecule has 0 radical (unpaired) electrons. The van der Waals surface area contributed by atoms with E-state index in [0.29, 0.717) is 43.2 Å². The highest BCUT2D eigenvalue weighted by atomic mass is 32.2. The van der Waals surface area contributed by atoms with E-state index >= 15 is 0 Å². The second-order valence-electron chi connectivity index (χ2n) is 5.58. The third-order valence-corrected chi connectivity index (χ3v) is 7.30. The van der Waals surface area contributed by atoms with Gasteiger partial charge >= 0.3 is 0 Å². The van der Waals surface area contributed by atoms with Crippen molar-refractivity contribution in [2.75, 3.05) is 26.2 Å². The molecule has 0 N–H and O–H groups in total. The van der Waals surface area contributed by atoms with E-state index in [9.17, 15) is 13.2 Å². The Morgan fingerprint density at radius 2 is 1.96 bits per heavy atom. The summed E-state index contributed by atoms with van der Waals surface area (Å²) in [4.78, 5) is 18.1. The standard InChI is InChI=1S/C16H19N3O3S2/c20-15(6-5-14-3-1-7-17-13-14)18-8-10-19(11-9-18)24(21,22)16-4-2-12-23-16/h1-4,7,12-13H,5-6,8-11H2. The van der Waals surface area contributed by atoms with Crippen LogP contribution in [-0.2, 0) is 21.2 Å². The second kappa shape index (κ2) is 7.42. The summed E-state index contributed by atoms with van der Waals surface area (Å²) >= 11 is 1.22. The van der Waals surface area contributed by atoms with Gasteiger partial charge in [0.15, 0.2) is 0 Å². The lowest BCUT2D eigenvalue weighted by molar-refractivity contribution is -0.132. The number of sulfonamides is 1. The van der Waals surface area contributed by atoms with E-state index in [1.165, 1.54) is 15.6 Å². The summed E-state index contributed by atoms with van der Waals surface area (Å²) in [6.45, 7) is 1.57. The minimum absolute atomic E-state index is 0.0621. The topological polar surface area (TPSA) is 70.6 Å². The molecule has 6 nitrogen and oxygen atoms in total. The van der Waals surface area contributed by atoms with Gasteiger partial charge in [-0.25, -0.2) is 8.42 Å². The van der Waals surface area contributed by atoms with Crippen LogP contribution in [0.2, 0.25) is 0 Å². The molecule has 0 saturated carbocycles. The molecule has 1 aliphatic rings. The first-order chi connectivity index (χ1) is 11.6. The minimum atomic E-state index is -3.42. The first kappa shape index (κ1) is 17.1. The van der Waals surface area contributed by atoms with Crippen LogP contribution in [0.4, 0.5) is 0 Å². The van der Waals surface area contributed by atoms with E-state index in [-0.39, 0.29) is 5.91 Å². The number of aryl methyl sites for hydroxylation is 1. The fourth-order valence-electron chi connectivity index (χ4n) is 2.67. The van der Waals surface area contributed by atoms with Gasteiger partial charge in [0, 0.05) is 45.0 Å². The van der Waals surface area contributed by atoms with Gasteiger partial charge in [0.25, 0.3) is 10.0 Å². The number of hydrogen-bond donors (Lipinski definition) is 0. The maximum absolute atomic E-state index is 12.5. The molecule has 1 saturated heterocycles. The van der Waals surface area contributed by atoms with Crippen molar-refractivity contribution in [3.05, 3.63) is 47.6 Å². The highest BCUT2D eigenvalue weighted by Crippen LogP contribution is 2.22. The largest absolute Gasteiger partial charge is 0.340 e. The molecule has 1 fully saturated rings. The van der Waals surface area contributed by atoms with Gasteiger partial charge in [0.2, 0.25) is 5.91 Å². The molecule has 8 heteroatoms. The number of nitrogens with zero attached hydrogens (tertiary/aromatic N) is 3. The lowest BCUT2D eigenvalue weighted by Crippen LogP contribution is -2.50. The summed E-state index contributed by atoms with van der Waals surface area (Å²) in [5.41, 5.74) is 1.03. The molecule has 0 spiro atoms. The van der Waals surface area contributed by atoms with Gasteiger partial charge in [-0.1, -0.05) is 12.1 Å². The summed E-state index contributed by atoms with van der Waals surface area (Å²) in [5.74, 6) is 0.0621. The van der Waals surface area contributed by atoms with Crippen LogP contribution in [0, 0.1) is 0 Å². The number of rotatable bonds is 5. The molecule has 2 aromatic rings. The first-order valence-corrected chi connectivity index (χ1v) is 10.1. The molecule has 0 atom stereocenters. The van der Waals surface area contributed by atoms with Crippen LogP contribution in [-0.4, -0.2) is 54.7 Å². The molecule has 0 bridgehead atoms. The summed E-state index contributed by atoms with van der Waals surface area (Å²) in [6, 6.07) is 7.15. The summed E-state index contributed by atoms with van der Waals surface area (Å²) in [6.07, 6.45) is 4.54. The van der Waals surface area contributed by atoms with Crippen molar-refractivity contribution in [3.8, 4) is 0 Å². The number of carbonyl (C=O) groups is 1. The monoisotopic (exact) mass is 365 g/mol. The van der Waals surface area contributed by atoms with Crippen LogP contribution in [0.15, 0.2) is 46.2 Å². The highest BCUT2D eigenvalue weighted by molar-refractivity contribution is 7.91. The molecule has 0 aliphatic carbocycles. The average molecular weight is 365 g/mol. The zero-order chi connectivity index (χ0) is 17.0. The van der Waals surface area contributed by atoms with E-state index < -0.39 is 10.0 Å². The van der Waals surface area contributed by atoms with Crippen molar-refractivity contribution in [2.45, 2.75) is 17.1 Å². The van der Waals surface area contributed by atoms with E-state index in [1.807, 2.05) is 12.1 Å². The number of amides is 1. The zero-order valence-corrected chi connectivity index (χ0v) is 14.8. The van der Waals surface area contributed by atoms with Crippen LogP contribution < -0.4 is 0 Å². The molecule has 1 amide bonds. The molecule has 1 aliphatic heterocycles. The smallest absolute Gasteiger partial charge is 0.252 e. The Labute approximate surface area is 145 Å². The number of carbonyl (C=O) groups excluding carboxylic acids is 1. The third-order valence-electron chi connectivity index (χ3n) is 4.03. The number of aromatic nitrogens is 1. The van der Waals surface area contributed by atoms with Gasteiger partial charge < -0.3 is 4.90 Å². The van der Waals surface area contributed by atoms with E-state index in [4.69, 9.17) is 0 Å². The molecular formula is C16H19N3O3S2. The maximum atomic E-state index is 12.5. The number of piperazine rings is 1. The predicted octanol–water partition coefficient (Wildman–Crippen LogP) is 1.61. The molecule has 3 rings (SSSR count).